The largest absolute Gasteiger partial charge is 0.355 e. The molecule has 1 aromatic rings. The predicted octanol–water partition coefficient (Wildman–Crippen LogP) is 1.78. The number of hydrogen-bond donors (Lipinski definition) is 1. The quantitative estimate of drug-likeness (QED) is 0.895. The minimum Gasteiger partial charge on any atom is -0.355 e. The summed E-state index contributed by atoms with van der Waals surface area (Å²) < 4.78 is 2.14. The molecule has 0 spiro atoms. The molecule has 1 heterocycles. The number of carbonyl (C=O) groups is 1. The van der Waals surface area contributed by atoms with Gasteiger partial charge in [0.2, 0.25) is 5.91 Å². The number of amides is 1. The molecule has 1 N–H and O–H groups in total. The molecule has 1 rings (SSSR count). The second-order valence-corrected chi connectivity index (χ2v) is 5.79. The van der Waals surface area contributed by atoms with Gasteiger partial charge in [0.15, 0.2) is 0 Å². The lowest BCUT2D eigenvalue weighted by Crippen LogP contribution is -2.35. The number of halogens is 1. The zero-order chi connectivity index (χ0) is 14.6. The summed E-state index contributed by atoms with van der Waals surface area (Å²) >= 11 is 3.37. The highest BCUT2D eigenvalue weighted by Gasteiger charge is 2.12. The van der Waals surface area contributed by atoms with Crippen LogP contribution in [0.1, 0.15) is 31.7 Å². The lowest BCUT2D eigenvalue weighted by atomic mass is 10.1. The average molecular weight is 330 g/mol. The van der Waals surface area contributed by atoms with Crippen LogP contribution in [-0.4, -0.2) is 22.0 Å². The van der Waals surface area contributed by atoms with Crippen LogP contribution in [0.2, 0.25) is 0 Å². The van der Waals surface area contributed by atoms with Gasteiger partial charge in [0.25, 0.3) is 0 Å². The third-order valence-electron chi connectivity index (χ3n) is 2.88. The molecule has 0 fully saturated rings. The van der Waals surface area contributed by atoms with Crippen molar-refractivity contribution in [1.82, 2.24) is 14.9 Å². The van der Waals surface area contributed by atoms with Gasteiger partial charge in [-0.3, -0.25) is 9.36 Å². The molecule has 0 aliphatic carbocycles. The number of aryl methyl sites for hydroxylation is 1. The van der Waals surface area contributed by atoms with Crippen LogP contribution < -0.4 is 11.0 Å². The minimum atomic E-state index is -0.391. The van der Waals surface area contributed by atoms with E-state index in [9.17, 15) is 9.59 Å². The molecule has 0 saturated heterocycles. The number of nitrogens with one attached hydrogen (secondary N) is 1. The van der Waals surface area contributed by atoms with Gasteiger partial charge in [-0.05, 0) is 42.1 Å². The van der Waals surface area contributed by atoms with Gasteiger partial charge in [-0.15, -0.1) is 0 Å². The summed E-state index contributed by atoms with van der Waals surface area (Å²) in [6.45, 7) is 8.39. The Morgan fingerprint density at radius 2 is 2.05 bits per heavy atom. The van der Waals surface area contributed by atoms with Crippen LogP contribution >= 0.6 is 15.9 Å². The summed E-state index contributed by atoms with van der Waals surface area (Å²) in [5.74, 6) is 0.378. The van der Waals surface area contributed by atoms with Crippen LogP contribution in [0.15, 0.2) is 9.27 Å². The highest BCUT2D eigenvalue weighted by atomic mass is 79.9. The van der Waals surface area contributed by atoms with Gasteiger partial charge in [0, 0.05) is 12.2 Å². The molecule has 1 aromatic heterocycles. The Morgan fingerprint density at radius 1 is 1.42 bits per heavy atom. The summed E-state index contributed by atoms with van der Waals surface area (Å²) in [6, 6.07) is 0. The van der Waals surface area contributed by atoms with Gasteiger partial charge in [-0.1, -0.05) is 13.8 Å². The van der Waals surface area contributed by atoms with E-state index >= 15 is 0 Å². The Labute approximate surface area is 121 Å². The molecule has 0 bridgehead atoms. The monoisotopic (exact) mass is 329 g/mol. The van der Waals surface area contributed by atoms with Crippen molar-refractivity contribution < 1.29 is 4.79 Å². The smallest absolute Gasteiger partial charge is 0.348 e. The van der Waals surface area contributed by atoms with Crippen molar-refractivity contribution >= 4 is 21.8 Å². The lowest BCUT2D eigenvalue weighted by Gasteiger charge is -2.12. The van der Waals surface area contributed by atoms with Crippen molar-refractivity contribution in [3.8, 4) is 0 Å². The molecule has 0 saturated carbocycles. The maximum atomic E-state index is 11.8. The Kier molecular flexibility index (Phi) is 5.72. The standard InChI is InChI=1S/C13H20BrN3O2/c1-8(2)5-6-15-11(18)7-17-10(4)12(14)9(3)16-13(17)19/h8H,5-7H2,1-4H3,(H,15,18). The summed E-state index contributed by atoms with van der Waals surface area (Å²) in [7, 11) is 0. The number of carbonyl (C=O) groups excluding carboxylic acids is 1. The minimum absolute atomic E-state index is 0.00857. The van der Waals surface area contributed by atoms with Crippen LogP contribution in [0.5, 0.6) is 0 Å². The van der Waals surface area contributed by atoms with Crippen molar-refractivity contribution in [2.45, 2.75) is 40.7 Å². The van der Waals surface area contributed by atoms with Crippen molar-refractivity contribution in [3.63, 3.8) is 0 Å². The molecule has 6 heteroatoms. The van der Waals surface area contributed by atoms with Crippen molar-refractivity contribution in [3.05, 3.63) is 26.3 Å². The fourth-order valence-electron chi connectivity index (χ4n) is 1.66. The second kappa shape index (κ2) is 6.84. The van der Waals surface area contributed by atoms with E-state index < -0.39 is 5.69 Å². The van der Waals surface area contributed by atoms with E-state index in [0.29, 0.717) is 18.2 Å². The van der Waals surface area contributed by atoms with E-state index in [0.717, 1.165) is 16.6 Å². The maximum absolute atomic E-state index is 11.8. The molecular weight excluding hydrogens is 310 g/mol. The van der Waals surface area contributed by atoms with Crippen molar-refractivity contribution in [1.29, 1.82) is 0 Å². The molecule has 19 heavy (non-hydrogen) atoms. The average Bonchev–Trinajstić information content (AvgIpc) is 2.31. The zero-order valence-corrected chi connectivity index (χ0v) is 13.4. The topological polar surface area (TPSA) is 64.0 Å². The van der Waals surface area contributed by atoms with E-state index in [4.69, 9.17) is 0 Å². The third-order valence-corrected chi connectivity index (χ3v) is 4.03. The van der Waals surface area contributed by atoms with Gasteiger partial charge in [-0.2, -0.15) is 4.98 Å². The van der Waals surface area contributed by atoms with Gasteiger partial charge in [-0.25, -0.2) is 4.79 Å². The van der Waals surface area contributed by atoms with E-state index in [2.05, 4.69) is 40.1 Å². The number of nitrogens with zero attached hydrogens (tertiary/aromatic N) is 2. The van der Waals surface area contributed by atoms with Gasteiger partial charge < -0.3 is 5.32 Å². The van der Waals surface area contributed by atoms with Crippen LogP contribution in [-0.2, 0) is 11.3 Å². The lowest BCUT2D eigenvalue weighted by molar-refractivity contribution is -0.121. The first-order chi connectivity index (χ1) is 8.82. The van der Waals surface area contributed by atoms with Gasteiger partial charge in [0.05, 0.1) is 10.2 Å². The molecular formula is C13H20BrN3O2. The first-order valence-corrected chi connectivity index (χ1v) is 7.12. The van der Waals surface area contributed by atoms with Crippen LogP contribution in [0.4, 0.5) is 0 Å². The maximum Gasteiger partial charge on any atom is 0.348 e. The fraction of sp³-hybridized carbons (Fsp3) is 0.615. The molecule has 5 nitrogen and oxygen atoms in total. The second-order valence-electron chi connectivity index (χ2n) is 5.00. The first-order valence-electron chi connectivity index (χ1n) is 6.33. The first kappa shape index (κ1) is 15.9. The molecule has 106 valence electrons. The molecule has 0 aromatic carbocycles. The van der Waals surface area contributed by atoms with Crippen LogP contribution in [0, 0.1) is 19.8 Å². The van der Waals surface area contributed by atoms with Crippen molar-refractivity contribution in [2.24, 2.45) is 5.92 Å². The van der Waals surface area contributed by atoms with Gasteiger partial charge in [0.1, 0.15) is 6.54 Å². The SMILES string of the molecule is Cc1nc(=O)n(CC(=O)NCCC(C)C)c(C)c1Br. The van der Waals surface area contributed by atoms with Crippen molar-refractivity contribution in [2.75, 3.05) is 6.54 Å². The molecule has 0 radical (unpaired) electrons. The van der Waals surface area contributed by atoms with Crippen LogP contribution in [0.3, 0.4) is 0 Å². The highest BCUT2D eigenvalue weighted by Crippen LogP contribution is 2.16. The highest BCUT2D eigenvalue weighted by molar-refractivity contribution is 9.10. The van der Waals surface area contributed by atoms with E-state index in [1.807, 2.05) is 0 Å². The molecule has 0 aliphatic rings. The summed E-state index contributed by atoms with van der Waals surface area (Å²) in [4.78, 5) is 27.4. The summed E-state index contributed by atoms with van der Waals surface area (Å²) in [5, 5.41) is 2.81. The fourth-order valence-corrected chi connectivity index (χ4v) is 1.97. The number of aromatic nitrogens is 2. The normalized spacial score (nSPS) is 10.8. The molecule has 0 atom stereocenters. The number of hydrogen-bond acceptors (Lipinski definition) is 3. The summed E-state index contributed by atoms with van der Waals surface area (Å²) in [5.41, 5.74) is 0.965. The Balaban J connectivity index is 2.75. The van der Waals surface area contributed by atoms with E-state index in [1.165, 1.54) is 4.57 Å². The van der Waals surface area contributed by atoms with E-state index in [1.54, 1.807) is 13.8 Å². The van der Waals surface area contributed by atoms with Gasteiger partial charge >= 0.3 is 5.69 Å². The zero-order valence-electron chi connectivity index (χ0n) is 11.8. The summed E-state index contributed by atoms with van der Waals surface area (Å²) in [6.07, 6.45) is 0.926. The molecule has 0 unspecified atom stereocenters. The number of rotatable bonds is 5. The van der Waals surface area contributed by atoms with Crippen LogP contribution in [0.25, 0.3) is 0 Å². The predicted molar refractivity (Wildman–Crippen MR) is 78.1 cm³/mol. The third kappa shape index (κ3) is 4.45. The Morgan fingerprint density at radius 3 is 2.63 bits per heavy atom. The Hall–Kier alpha value is -1.17. The molecule has 1 amide bonds. The Bertz CT molecular complexity index is 523. The molecule has 0 aliphatic heterocycles. The van der Waals surface area contributed by atoms with E-state index in [-0.39, 0.29) is 12.5 Å².